The van der Waals surface area contributed by atoms with Gasteiger partial charge in [0.1, 0.15) is 0 Å². The molecule has 1 atom stereocenters. The van der Waals surface area contributed by atoms with Gasteiger partial charge in [-0.3, -0.25) is 14.4 Å². The first-order chi connectivity index (χ1) is 16.9. The Bertz CT molecular complexity index is 1330. The summed E-state index contributed by atoms with van der Waals surface area (Å²) >= 11 is 1.21. The summed E-state index contributed by atoms with van der Waals surface area (Å²) < 4.78 is 27.6. The molecule has 5 rings (SSSR count). The van der Waals surface area contributed by atoms with Crippen molar-refractivity contribution in [3.8, 4) is 6.07 Å². The van der Waals surface area contributed by atoms with Gasteiger partial charge in [0.2, 0.25) is 5.91 Å². The van der Waals surface area contributed by atoms with E-state index in [0.717, 1.165) is 32.4 Å². The van der Waals surface area contributed by atoms with Crippen molar-refractivity contribution in [3.05, 3.63) is 71.2 Å². The molecule has 3 heterocycles. The normalized spacial score (nSPS) is 19.6. The first kappa shape index (κ1) is 23.5. The molecule has 0 spiro atoms. The van der Waals surface area contributed by atoms with Gasteiger partial charge in [0.05, 0.1) is 22.6 Å². The number of anilines is 2. The summed E-state index contributed by atoms with van der Waals surface area (Å²) in [6.07, 6.45) is 4.26. The molecule has 0 radical (unpaired) electrons. The molecule has 0 aliphatic carbocycles. The third kappa shape index (κ3) is 4.93. The second kappa shape index (κ2) is 9.77. The van der Waals surface area contributed by atoms with Crippen molar-refractivity contribution in [3.63, 3.8) is 0 Å². The SMILES string of the molecule is N#Cc1ccc(C2CCN([C@H]3CCN(c4ccc(S(=O)(=O)Nc5nccs5)cc4)C3=O)CC2)cc1. The van der Waals surface area contributed by atoms with Gasteiger partial charge in [-0.05, 0) is 80.2 Å². The third-order valence-electron chi connectivity index (χ3n) is 6.77. The predicted molar refractivity (Wildman–Crippen MR) is 135 cm³/mol. The molecule has 2 aliphatic heterocycles. The second-order valence-corrected chi connectivity index (χ2v) is 11.4. The maximum Gasteiger partial charge on any atom is 0.263 e. The van der Waals surface area contributed by atoms with E-state index in [1.165, 1.54) is 35.2 Å². The Morgan fingerprint density at radius 1 is 1.00 bits per heavy atom. The summed E-state index contributed by atoms with van der Waals surface area (Å²) in [7, 11) is -3.73. The largest absolute Gasteiger partial charge is 0.311 e. The van der Waals surface area contributed by atoms with Gasteiger partial charge in [-0.2, -0.15) is 5.26 Å². The minimum Gasteiger partial charge on any atom is -0.311 e. The molecule has 0 saturated carbocycles. The summed E-state index contributed by atoms with van der Waals surface area (Å²) in [5.41, 5.74) is 2.63. The number of thiazole rings is 1. The van der Waals surface area contributed by atoms with Crippen LogP contribution in [0.5, 0.6) is 0 Å². The molecule has 1 amide bonds. The standard InChI is InChI=1S/C25H25N5O3S2/c26-17-18-1-3-19(4-2-18)20-9-13-29(14-10-20)23-11-15-30(24(23)31)21-5-7-22(8-6-21)35(32,33)28-25-27-12-16-34-25/h1-8,12,16,20,23H,9-11,13-15H2,(H,27,28)/t23-/m0/s1. The molecule has 1 aromatic heterocycles. The summed E-state index contributed by atoms with van der Waals surface area (Å²) in [5, 5.41) is 11.0. The van der Waals surface area contributed by atoms with Gasteiger partial charge < -0.3 is 4.90 Å². The average Bonchev–Trinajstić information content (AvgIpc) is 3.53. The van der Waals surface area contributed by atoms with Crippen molar-refractivity contribution in [2.24, 2.45) is 0 Å². The van der Waals surface area contributed by atoms with Gasteiger partial charge in [-0.1, -0.05) is 12.1 Å². The predicted octanol–water partition coefficient (Wildman–Crippen LogP) is 3.80. The smallest absolute Gasteiger partial charge is 0.263 e. The van der Waals surface area contributed by atoms with Crippen LogP contribution in [0.2, 0.25) is 0 Å². The fourth-order valence-corrected chi connectivity index (χ4v) is 6.68. The lowest BCUT2D eigenvalue weighted by Crippen LogP contribution is -2.45. The lowest BCUT2D eigenvalue weighted by Gasteiger charge is -2.35. The summed E-state index contributed by atoms with van der Waals surface area (Å²) in [6, 6.07) is 16.2. The number of piperidine rings is 1. The van der Waals surface area contributed by atoms with Gasteiger partial charge in [0.25, 0.3) is 10.0 Å². The molecule has 1 N–H and O–H groups in total. The van der Waals surface area contributed by atoms with E-state index in [-0.39, 0.29) is 16.8 Å². The van der Waals surface area contributed by atoms with Gasteiger partial charge in [-0.15, -0.1) is 11.3 Å². The minimum absolute atomic E-state index is 0.0679. The summed E-state index contributed by atoms with van der Waals surface area (Å²) in [4.78, 5) is 21.4. The lowest BCUT2D eigenvalue weighted by molar-refractivity contribution is -0.122. The molecule has 8 nitrogen and oxygen atoms in total. The fraction of sp³-hybridized carbons (Fsp3) is 0.320. The Balaban J connectivity index is 1.20. The van der Waals surface area contributed by atoms with Crippen molar-refractivity contribution in [1.29, 1.82) is 5.26 Å². The second-order valence-electron chi connectivity index (χ2n) is 8.78. The quantitative estimate of drug-likeness (QED) is 0.544. The van der Waals surface area contributed by atoms with Gasteiger partial charge in [-0.25, -0.2) is 13.4 Å². The maximum absolute atomic E-state index is 13.2. The van der Waals surface area contributed by atoms with Crippen LogP contribution in [0.15, 0.2) is 65.0 Å². The maximum atomic E-state index is 13.2. The fourth-order valence-electron chi connectivity index (χ4n) is 4.89. The first-order valence-electron chi connectivity index (χ1n) is 11.5. The Morgan fingerprint density at radius 2 is 1.71 bits per heavy atom. The highest BCUT2D eigenvalue weighted by molar-refractivity contribution is 7.93. The van der Waals surface area contributed by atoms with E-state index in [1.807, 2.05) is 24.3 Å². The van der Waals surface area contributed by atoms with Crippen LogP contribution >= 0.6 is 11.3 Å². The molecular weight excluding hydrogens is 482 g/mol. The number of rotatable bonds is 6. The number of nitrogens with zero attached hydrogens (tertiary/aromatic N) is 4. The van der Waals surface area contributed by atoms with Crippen LogP contribution in [0.3, 0.4) is 0 Å². The van der Waals surface area contributed by atoms with Crippen molar-refractivity contribution >= 4 is 38.1 Å². The highest BCUT2D eigenvalue weighted by Gasteiger charge is 2.38. The number of hydrogen-bond donors (Lipinski definition) is 1. The minimum atomic E-state index is -3.73. The van der Waals surface area contributed by atoms with Crippen LogP contribution in [0, 0.1) is 11.3 Å². The topological polar surface area (TPSA) is 106 Å². The first-order valence-corrected chi connectivity index (χ1v) is 13.9. The summed E-state index contributed by atoms with van der Waals surface area (Å²) in [6.45, 7) is 2.32. The number of carbonyl (C=O) groups excluding carboxylic acids is 1. The number of benzene rings is 2. The Kier molecular flexibility index (Phi) is 6.56. The van der Waals surface area contributed by atoms with Crippen molar-refractivity contribution in [2.75, 3.05) is 29.3 Å². The molecule has 2 aliphatic rings. The number of hydrogen-bond acceptors (Lipinski definition) is 7. The number of nitrogens with one attached hydrogen (secondary N) is 1. The molecule has 2 fully saturated rings. The monoisotopic (exact) mass is 507 g/mol. The average molecular weight is 508 g/mol. The molecule has 180 valence electrons. The summed E-state index contributed by atoms with van der Waals surface area (Å²) in [5.74, 6) is 0.512. The number of likely N-dealkylation sites (tertiary alicyclic amines) is 1. The van der Waals surface area contributed by atoms with Crippen LogP contribution in [0.4, 0.5) is 10.8 Å². The van der Waals surface area contributed by atoms with Gasteiger partial charge in [0, 0.05) is 23.8 Å². The van der Waals surface area contributed by atoms with E-state index < -0.39 is 10.0 Å². The van der Waals surface area contributed by atoms with Crippen LogP contribution in [-0.2, 0) is 14.8 Å². The highest BCUT2D eigenvalue weighted by atomic mass is 32.2. The Morgan fingerprint density at radius 3 is 2.34 bits per heavy atom. The van der Waals surface area contributed by atoms with Gasteiger partial charge >= 0.3 is 0 Å². The number of aromatic nitrogens is 1. The van der Waals surface area contributed by atoms with E-state index in [2.05, 4.69) is 20.7 Å². The molecule has 3 aromatic rings. The molecule has 0 bridgehead atoms. The van der Waals surface area contributed by atoms with E-state index in [1.54, 1.807) is 22.4 Å². The molecule has 2 aromatic carbocycles. The Labute approximate surface area is 208 Å². The molecule has 35 heavy (non-hydrogen) atoms. The van der Waals surface area contributed by atoms with E-state index in [0.29, 0.717) is 28.8 Å². The molecule has 2 saturated heterocycles. The van der Waals surface area contributed by atoms with Gasteiger partial charge in [0.15, 0.2) is 5.13 Å². The number of sulfonamides is 1. The molecular formula is C25H25N5O3S2. The van der Waals surface area contributed by atoms with Crippen LogP contribution in [-0.4, -0.2) is 49.9 Å². The molecule has 10 heteroatoms. The van der Waals surface area contributed by atoms with E-state index in [4.69, 9.17) is 5.26 Å². The van der Waals surface area contributed by atoms with Crippen LogP contribution in [0.1, 0.15) is 36.3 Å². The number of amides is 1. The lowest BCUT2D eigenvalue weighted by atomic mass is 9.88. The van der Waals surface area contributed by atoms with Crippen LogP contribution in [0.25, 0.3) is 0 Å². The number of carbonyl (C=O) groups is 1. The van der Waals surface area contributed by atoms with Crippen molar-refractivity contribution in [1.82, 2.24) is 9.88 Å². The zero-order valence-corrected chi connectivity index (χ0v) is 20.6. The third-order valence-corrected chi connectivity index (χ3v) is 8.94. The number of nitriles is 1. The van der Waals surface area contributed by atoms with E-state index >= 15 is 0 Å². The van der Waals surface area contributed by atoms with E-state index in [9.17, 15) is 13.2 Å². The van der Waals surface area contributed by atoms with Crippen molar-refractivity contribution < 1.29 is 13.2 Å². The zero-order valence-electron chi connectivity index (χ0n) is 19.0. The van der Waals surface area contributed by atoms with Crippen LogP contribution < -0.4 is 9.62 Å². The van der Waals surface area contributed by atoms with Crippen molar-refractivity contribution in [2.45, 2.75) is 36.1 Å². The molecule has 0 unspecified atom stereocenters. The Hall–Kier alpha value is -3.26. The zero-order chi connectivity index (χ0) is 24.4. The highest BCUT2D eigenvalue weighted by Crippen LogP contribution is 2.32.